The fourth-order valence-corrected chi connectivity index (χ4v) is 26.0. The van der Waals surface area contributed by atoms with Gasteiger partial charge in [0.15, 0.2) is 0 Å². The van der Waals surface area contributed by atoms with Crippen LogP contribution in [0.3, 0.4) is 0 Å². The SMILES string of the molecule is CC1=C(c2ccccc2)[CH]([Zr]([CH3])([CH3])(=[SiH2])[CH]2C(c3ccccc3)=C(C)c3ccccc32)c2ccccc21.Cl.Cl. The zero-order valence-electron chi connectivity index (χ0n) is 22.6. The Hall–Kier alpha value is -1.96. The first-order valence-electron chi connectivity index (χ1n) is 13.1. The van der Waals surface area contributed by atoms with Crippen LogP contribution in [0.25, 0.3) is 22.3 Å². The zero-order chi connectivity index (χ0) is 25.1. The van der Waals surface area contributed by atoms with Crippen LogP contribution in [0.4, 0.5) is 0 Å². The molecule has 2 atom stereocenters. The summed E-state index contributed by atoms with van der Waals surface area (Å²) in [7, 11) is 0. The standard InChI is InChI=1S/2C16H13.2CH3.2ClH.H2Si.Zr/c2*1-12-15-10-6-5-9-14(15)11-16(12)13-7-3-2-4-8-13;;;;;;/h2*2-11H,1H3;2*1H3;2*1H;1H2;. The summed E-state index contributed by atoms with van der Waals surface area (Å²) in [6.45, 7) is 7.15. The fraction of sp³-hybridized carbons (Fsp3) is 0.176. The van der Waals surface area contributed by atoms with Gasteiger partial charge in [0.05, 0.1) is 0 Å². The molecule has 0 aliphatic heterocycles. The minimum Gasteiger partial charge on any atom is -0.147 e. The summed E-state index contributed by atoms with van der Waals surface area (Å²) in [5, 5.41) is 0. The molecule has 0 radical (unpaired) electrons. The maximum absolute atomic E-state index is 3.72. The quantitative estimate of drug-likeness (QED) is 0.196. The van der Waals surface area contributed by atoms with Gasteiger partial charge in [-0.25, -0.2) is 0 Å². The van der Waals surface area contributed by atoms with Gasteiger partial charge >= 0.3 is 220 Å². The van der Waals surface area contributed by atoms with Crippen molar-refractivity contribution in [3.05, 3.63) is 143 Å². The van der Waals surface area contributed by atoms with Crippen LogP contribution in [0.5, 0.6) is 0 Å². The van der Waals surface area contributed by atoms with Crippen LogP contribution in [-0.2, 0) is 17.4 Å². The molecule has 6 rings (SSSR count). The van der Waals surface area contributed by atoms with Gasteiger partial charge in [0.1, 0.15) is 0 Å². The van der Waals surface area contributed by atoms with Gasteiger partial charge in [0, 0.05) is 0 Å². The van der Waals surface area contributed by atoms with Crippen molar-refractivity contribution in [1.82, 2.24) is 0 Å². The third-order valence-electron chi connectivity index (χ3n) is 8.80. The van der Waals surface area contributed by atoms with Crippen LogP contribution >= 0.6 is 24.8 Å². The molecule has 2 aliphatic rings. The number of hydrogen-bond donors (Lipinski definition) is 0. The Morgan fingerprint density at radius 2 is 0.816 bits per heavy atom. The smallest absolute Gasteiger partial charge is 0.147 e. The van der Waals surface area contributed by atoms with E-state index in [4.69, 9.17) is 0 Å². The molecule has 0 nitrogen and oxygen atoms in total. The Labute approximate surface area is 242 Å². The van der Waals surface area contributed by atoms with E-state index in [1.807, 2.05) is 0 Å². The second-order valence-corrected chi connectivity index (χ2v) is 42.3. The first-order chi connectivity index (χ1) is 17.3. The molecule has 194 valence electrons. The van der Waals surface area contributed by atoms with Crippen molar-refractivity contribution in [2.75, 3.05) is 0 Å². The Morgan fingerprint density at radius 3 is 1.18 bits per heavy atom. The largest absolute Gasteiger partial charge is 0.147 e. The molecule has 4 aromatic carbocycles. The van der Waals surface area contributed by atoms with Gasteiger partial charge in [-0.2, -0.15) is 0 Å². The molecule has 4 aromatic rings. The van der Waals surface area contributed by atoms with Gasteiger partial charge in [-0.05, 0) is 0 Å². The molecule has 2 aliphatic carbocycles. The van der Waals surface area contributed by atoms with E-state index in [0.29, 0.717) is 7.25 Å². The number of allylic oxidation sites excluding steroid dienone is 4. The molecule has 4 heteroatoms. The molecule has 0 spiro atoms. The number of halogens is 2. The molecule has 38 heavy (non-hydrogen) atoms. The molecular weight excluding hydrogens is 599 g/mol. The van der Waals surface area contributed by atoms with E-state index in [2.05, 4.69) is 139 Å². The third kappa shape index (κ3) is 4.39. The molecule has 0 amide bonds. The van der Waals surface area contributed by atoms with Crippen LogP contribution in [0.2, 0.25) is 9.26 Å². The minimum atomic E-state index is -3.72. The van der Waals surface area contributed by atoms with Gasteiger partial charge in [-0.3, -0.25) is 0 Å². The normalized spacial score (nSPS) is 18.4. The van der Waals surface area contributed by atoms with Crippen LogP contribution in [0, 0.1) is 0 Å². The van der Waals surface area contributed by atoms with E-state index in [-0.39, 0.29) is 24.8 Å². The first-order valence-corrected chi connectivity index (χ1v) is 26.7. The molecule has 0 saturated heterocycles. The molecule has 0 aromatic heterocycles. The van der Waals surface area contributed by atoms with Crippen molar-refractivity contribution in [3.8, 4) is 0 Å². The van der Waals surface area contributed by atoms with Gasteiger partial charge in [-0.1, -0.05) is 0 Å². The predicted molar refractivity (Wildman–Crippen MR) is 171 cm³/mol. The van der Waals surface area contributed by atoms with Crippen LogP contribution in [-0.4, -0.2) is 6.88 Å². The van der Waals surface area contributed by atoms with Crippen molar-refractivity contribution in [1.29, 1.82) is 0 Å². The molecule has 2 unspecified atom stereocenters. The second-order valence-electron chi connectivity index (χ2n) is 11.8. The van der Waals surface area contributed by atoms with E-state index in [1.165, 1.54) is 33.4 Å². The Kier molecular flexibility index (Phi) is 8.06. The minimum absolute atomic E-state index is 0. The van der Waals surface area contributed by atoms with E-state index in [9.17, 15) is 0 Å². The summed E-state index contributed by atoms with van der Waals surface area (Å²) >= 11 is -3.72. The van der Waals surface area contributed by atoms with Crippen LogP contribution < -0.4 is 0 Å². The average Bonchev–Trinajstić information content (AvgIpc) is 3.38. The van der Waals surface area contributed by atoms with Crippen molar-refractivity contribution in [3.63, 3.8) is 0 Å². The first kappa shape index (κ1) is 29.0. The van der Waals surface area contributed by atoms with Crippen LogP contribution in [0.1, 0.15) is 54.5 Å². The number of hydrogen-bond acceptors (Lipinski definition) is 0. The van der Waals surface area contributed by atoms with Crippen molar-refractivity contribution < 1.29 is 17.4 Å². The fourth-order valence-electron chi connectivity index (χ4n) is 7.35. The summed E-state index contributed by atoms with van der Waals surface area (Å²) in [6, 6.07) is 40.9. The van der Waals surface area contributed by atoms with Gasteiger partial charge in [0.25, 0.3) is 0 Å². The number of fused-ring (bicyclic) bond motifs is 2. The molecule has 0 fully saturated rings. The molecule has 0 N–H and O–H groups in total. The van der Waals surface area contributed by atoms with E-state index in [1.54, 1.807) is 22.3 Å². The topological polar surface area (TPSA) is 0 Å². The Morgan fingerprint density at radius 1 is 0.500 bits per heavy atom. The Bertz CT molecular complexity index is 1510. The van der Waals surface area contributed by atoms with Crippen molar-refractivity contribution in [2.45, 2.75) is 30.4 Å². The maximum atomic E-state index is 2.74. The monoisotopic (exact) mass is 632 g/mol. The van der Waals surface area contributed by atoms with E-state index in [0.717, 1.165) is 0 Å². The molecule has 0 bridgehead atoms. The number of benzene rings is 4. The second kappa shape index (κ2) is 10.5. The van der Waals surface area contributed by atoms with Crippen LogP contribution in [0.15, 0.2) is 109 Å². The Balaban J connectivity index is 0.00000168. The molecule has 0 heterocycles. The number of rotatable bonds is 4. The summed E-state index contributed by atoms with van der Waals surface area (Å²) < 4.78 is 6.41. The molecular formula is C34H36Cl2SiZr. The average molecular weight is 635 g/mol. The van der Waals surface area contributed by atoms with Crippen molar-refractivity contribution in [2.24, 2.45) is 0 Å². The summed E-state index contributed by atoms with van der Waals surface area (Å²) in [6.07, 6.45) is 0. The van der Waals surface area contributed by atoms with E-state index >= 15 is 0 Å². The predicted octanol–water partition coefficient (Wildman–Crippen LogP) is 9.54. The zero-order valence-corrected chi connectivity index (χ0v) is 28.1. The maximum Gasteiger partial charge on any atom is -0.147 e. The van der Waals surface area contributed by atoms with Gasteiger partial charge in [-0.15, -0.1) is 24.8 Å². The van der Waals surface area contributed by atoms with Gasteiger partial charge in [0.2, 0.25) is 0 Å². The van der Waals surface area contributed by atoms with Crippen molar-refractivity contribution >= 4 is 54.0 Å². The third-order valence-corrected chi connectivity index (χ3v) is 25.9. The molecule has 0 saturated carbocycles. The summed E-state index contributed by atoms with van der Waals surface area (Å²) in [5.41, 5.74) is 14.8. The van der Waals surface area contributed by atoms with E-state index < -0.39 is 17.4 Å². The summed E-state index contributed by atoms with van der Waals surface area (Å²) in [5.74, 6) is 0. The summed E-state index contributed by atoms with van der Waals surface area (Å²) in [4.78, 5) is 0. The van der Waals surface area contributed by atoms with Gasteiger partial charge < -0.3 is 0 Å².